The summed E-state index contributed by atoms with van der Waals surface area (Å²) < 4.78 is 0. The molecule has 0 saturated carbocycles. The van der Waals surface area contributed by atoms with Crippen molar-refractivity contribution in [2.75, 3.05) is 6.54 Å². The zero-order chi connectivity index (χ0) is 11.4. The Bertz CT molecular complexity index is 366. The molecule has 1 unspecified atom stereocenters. The van der Waals surface area contributed by atoms with Gasteiger partial charge in [0.15, 0.2) is 0 Å². The number of hydrogen-bond donors (Lipinski definition) is 2. The first-order valence-electron chi connectivity index (χ1n) is 5.29. The lowest BCUT2D eigenvalue weighted by molar-refractivity contribution is 0.308. The summed E-state index contributed by atoms with van der Waals surface area (Å²) in [5.74, 6) is 0.814. The standard InChI is InChI=1S/C11H16N4S/c12-5-4-11-15(10(13)8-16-11)7-9-3-1-2-6-14-9/h1-3,6,8,11H,4-5,7,12-13H2. The minimum atomic E-state index is 0.354. The zero-order valence-corrected chi connectivity index (χ0v) is 9.86. The molecule has 0 bridgehead atoms. The van der Waals surface area contributed by atoms with E-state index in [1.807, 2.05) is 23.6 Å². The third-order valence-corrected chi connectivity index (χ3v) is 3.68. The summed E-state index contributed by atoms with van der Waals surface area (Å²) in [7, 11) is 0. The minimum Gasteiger partial charge on any atom is -0.385 e. The molecule has 0 spiro atoms. The van der Waals surface area contributed by atoms with Gasteiger partial charge in [-0.25, -0.2) is 0 Å². The Labute approximate surface area is 99.7 Å². The summed E-state index contributed by atoms with van der Waals surface area (Å²) in [5, 5.41) is 2.34. The molecule has 2 rings (SSSR count). The average molecular weight is 236 g/mol. The van der Waals surface area contributed by atoms with Crippen molar-refractivity contribution in [2.45, 2.75) is 18.3 Å². The van der Waals surface area contributed by atoms with Crippen LogP contribution in [0.1, 0.15) is 12.1 Å². The van der Waals surface area contributed by atoms with E-state index in [9.17, 15) is 0 Å². The molecule has 0 aliphatic carbocycles. The summed E-state index contributed by atoms with van der Waals surface area (Å²) >= 11 is 1.73. The van der Waals surface area contributed by atoms with Crippen LogP contribution in [-0.2, 0) is 6.54 Å². The number of hydrogen-bond acceptors (Lipinski definition) is 5. The SMILES string of the molecule is NCCC1SC=C(N)N1Cc1ccccn1. The summed E-state index contributed by atoms with van der Waals surface area (Å²) in [4.78, 5) is 6.46. The largest absolute Gasteiger partial charge is 0.385 e. The van der Waals surface area contributed by atoms with Crippen molar-refractivity contribution in [3.63, 3.8) is 0 Å². The minimum absolute atomic E-state index is 0.354. The van der Waals surface area contributed by atoms with E-state index in [0.717, 1.165) is 24.5 Å². The van der Waals surface area contributed by atoms with E-state index in [1.165, 1.54) is 0 Å². The molecule has 4 N–H and O–H groups in total. The fourth-order valence-corrected chi connectivity index (χ4v) is 2.73. The first-order chi connectivity index (χ1) is 7.81. The van der Waals surface area contributed by atoms with Crippen molar-refractivity contribution in [3.05, 3.63) is 41.3 Å². The smallest absolute Gasteiger partial charge is 0.106 e. The lowest BCUT2D eigenvalue weighted by atomic mass is 10.3. The Balaban J connectivity index is 2.04. The summed E-state index contributed by atoms with van der Waals surface area (Å²) in [6.45, 7) is 1.43. The molecule has 1 aromatic heterocycles. The fourth-order valence-electron chi connectivity index (χ4n) is 1.68. The number of thioether (sulfide) groups is 1. The first kappa shape index (κ1) is 11.3. The highest BCUT2D eigenvalue weighted by molar-refractivity contribution is 8.02. The second-order valence-corrected chi connectivity index (χ2v) is 4.71. The molecular weight excluding hydrogens is 220 g/mol. The Morgan fingerprint density at radius 1 is 1.44 bits per heavy atom. The molecule has 0 radical (unpaired) electrons. The Morgan fingerprint density at radius 3 is 3.00 bits per heavy atom. The van der Waals surface area contributed by atoms with Crippen LogP contribution in [0.5, 0.6) is 0 Å². The highest BCUT2D eigenvalue weighted by Crippen LogP contribution is 2.31. The molecular formula is C11H16N4S. The van der Waals surface area contributed by atoms with E-state index in [2.05, 4.69) is 9.88 Å². The Hall–Kier alpha value is -1.20. The average Bonchev–Trinajstić information content (AvgIpc) is 2.64. The number of rotatable bonds is 4. The molecule has 1 aliphatic heterocycles. The van der Waals surface area contributed by atoms with Crippen LogP contribution < -0.4 is 11.5 Å². The second kappa shape index (κ2) is 5.23. The molecule has 0 saturated heterocycles. The molecule has 1 aromatic rings. The topological polar surface area (TPSA) is 68.2 Å². The number of nitrogens with two attached hydrogens (primary N) is 2. The molecule has 1 atom stereocenters. The third kappa shape index (κ3) is 2.48. The van der Waals surface area contributed by atoms with E-state index in [-0.39, 0.29) is 0 Å². The van der Waals surface area contributed by atoms with Crippen molar-refractivity contribution in [1.29, 1.82) is 0 Å². The molecule has 16 heavy (non-hydrogen) atoms. The van der Waals surface area contributed by atoms with E-state index in [4.69, 9.17) is 11.5 Å². The van der Waals surface area contributed by atoms with Gasteiger partial charge in [0.25, 0.3) is 0 Å². The Morgan fingerprint density at radius 2 is 2.31 bits per heavy atom. The number of pyridine rings is 1. The van der Waals surface area contributed by atoms with Crippen LogP contribution in [0.4, 0.5) is 0 Å². The van der Waals surface area contributed by atoms with Gasteiger partial charge in [-0.15, -0.1) is 11.8 Å². The van der Waals surface area contributed by atoms with Crippen molar-refractivity contribution in [3.8, 4) is 0 Å². The highest BCUT2D eigenvalue weighted by Gasteiger charge is 2.24. The monoisotopic (exact) mass is 236 g/mol. The van der Waals surface area contributed by atoms with Crippen LogP contribution in [0.3, 0.4) is 0 Å². The van der Waals surface area contributed by atoms with Crippen LogP contribution in [0.2, 0.25) is 0 Å². The van der Waals surface area contributed by atoms with Gasteiger partial charge in [-0.3, -0.25) is 4.98 Å². The summed E-state index contributed by atoms with van der Waals surface area (Å²) in [6.07, 6.45) is 2.74. The summed E-state index contributed by atoms with van der Waals surface area (Å²) in [5.41, 5.74) is 12.6. The Kier molecular flexibility index (Phi) is 3.69. The van der Waals surface area contributed by atoms with Gasteiger partial charge in [0, 0.05) is 11.6 Å². The lowest BCUT2D eigenvalue weighted by Crippen LogP contribution is -2.33. The molecule has 5 heteroatoms. The van der Waals surface area contributed by atoms with Crippen molar-refractivity contribution in [2.24, 2.45) is 11.5 Å². The van der Waals surface area contributed by atoms with Crippen LogP contribution in [0, 0.1) is 0 Å². The summed E-state index contributed by atoms with van der Waals surface area (Å²) in [6, 6.07) is 5.91. The maximum absolute atomic E-state index is 5.95. The first-order valence-corrected chi connectivity index (χ1v) is 6.23. The normalized spacial score (nSPS) is 19.9. The molecule has 0 fully saturated rings. The van der Waals surface area contributed by atoms with Gasteiger partial charge in [0.05, 0.1) is 17.6 Å². The molecule has 1 aliphatic rings. The molecule has 4 nitrogen and oxygen atoms in total. The van der Waals surface area contributed by atoms with Gasteiger partial charge in [0.1, 0.15) is 5.82 Å². The molecule has 86 valence electrons. The van der Waals surface area contributed by atoms with Gasteiger partial charge >= 0.3 is 0 Å². The van der Waals surface area contributed by atoms with Gasteiger partial charge in [-0.05, 0) is 25.1 Å². The van der Waals surface area contributed by atoms with Crippen LogP contribution >= 0.6 is 11.8 Å². The highest BCUT2D eigenvalue weighted by atomic mass is 32.2. The van der Waals surface area contributed by atoms with E-state index in [0.29, 0.717) is 11.9 Å². The van der Waals surface area contributed by atoms with Gasteiger partial charge in [-0.1, -0.05) is 6.07 Å². The molecule has 0 aromatic carbocycles. The van der Waals surface area contributed by atoms with Crippen molar-refractivity contribution in [1.82, 2.24) is 9.88 Å². The van der Waals surface area contributed by atoms with Gasteiger partial charge < -0.3 is 16.4 Å². The predicted molar refractivity (Wildman–Crippen MR) is 67.1 cm³/mol. The van der Waals surface area contributed by atoms with Crippen molar-refractivity contribution >= 4 is 11.8 Å². The third-order valence-electron chi connectivity index (χ3n) is 2.50. The second-order valence-electron chi connectivity index (χ2n) is 3.66. The fraction of sp³-hybridized carbons (Fsp3) is 0.364. The van der Waals surface area contributed by atoms with Crippen LogP contribution in [-0.4, -0.2) is 21.8 Å². The molecule has 0 amide bonds. The molecule has 2 heterocycles. The van der Waals surface area contributed by atoms with E-state index >= 15 is 0 Å². The predicted octanol–water partition coefficient (Wildman–Crippen LogP) is 1.06. The zero-order valence-electron chi connectivity index (χ0n) is 9.04. The van der Waals surface area contributed by atoms with Crippen LogP contribution in [0.15, 0.2) is 35.6 Å². The number of nitrogens with zero attached hydrogens (tertiary/aromatic N) is 2. The van der Waals surface area contributed by atoms with Gasteiger partial charge in [-0.2, -0.15) is 0 Å². The van der Waals surface area contributed by atoms with E-state index < -0.39 is 0 Å². The van der Waals surface area contributed by atoms with E-state index in [1.54, 1.807) is 18.0 Å². The van der Waals surface area contributed by atoms with Crippen molar-refractivity contribution < 1.29 is 0 Å². The van der Waals surface area contributed by atoms with Crippen LogP contribution in [0.25, 0.3) is 0 Å². The maximum atomic E-state index is 5.95. The maximum Gasteiger partial charge on any atom is 0.106 e. The lowest BCUT2D eigenvalue weighted by Gasteiger charge is -2.26. The van der Waals surface area contributed by atoms with Gasteiger partial charge in [0.2, 0.25) is 0 Å². The number of aromatic nitrogens is 1. The quantitative estimate of drug-likeness (QED) is 0.818.